The van der Waals surface area contributed by atoms with Crippen molar-refractivity contribution >= 4 is 47.8 Å². The molecule has 14 aliphatic rings. The largest absolute Gasteiger partial charge is 0.456 e. The van der Waals surface area contributed by atoms with Crippen molar-refractivity contribution < 1.29 is 64.6 Å². The number of hydrogen-bond donors (Lipinski definition) is 2. The highest BCUT2D eigenvalue weighted by atomic mass is 35.7. The molecule has 14 rings (SSSR count). The van der Waals surface area contributed by atoms with Gasteiger partial charge in [-0.15, -0.1) is 0 Å². The van der Waals surface area contributed by atoms with Crippen LogP contribution in [0.2, 0.25) is 0 Å². The van der Waals surface area contributed by atoms with Crippen LogP contribution in [-0.2, 0) is 56.7 Å². The predicted molar refractivity (Wildman–Crippen MR) is 326 cm³/mol. The molecule has 0 saturated heterocycles. The standard InChI is InChI=1S/C21H32O3.C14H20O5S.C13H18O3.C8H19N.C8H16O.CH3ClO2S/c1-4-18(22)23-20-10-15-9-16(11-20)13-21(12-15,14-20)24-19(2,3)17-7-5-6-8-17;1-3-12(15)18-13-5-10-4-11(6-13)8-14(7-10,9-13)19-20(2,16)17;1-2-11(14)16-13-6-9-3-10(7-13)5-12(15,4-9)8-13;1-6-9(7(2)3)8(4)5;1-8(2,9)7-5-3-4-6-7;1-5(2,3)4/h4,15-17H,1,5-14H2,2-3H3;3,10-11H,1,4-9H2,2H3;2,9-10,15H,1,3-8H2;7-8H,6H2,1-5H3;7,9H,3-6H2,1-2H3;1H3. The zero-order valence-electron chi connectivity index (χ0n) is 52.7. The maximum absolute atomic E-state index is 11.9. The number of carbonyl (C=O) groups excluding carboxylic acids is 3. The molecule has 6 unspecified atom stereocenters. The topological polar surface area (TPSA) is 209 Å². The molecule has 14 aliphatic carbocycles. The van der Waals surface area contributed by atoms with Gasteiger partial charge in [0.1, 0.15) is 16.8 Å². The number of carbonyl (C=O) groups is 3. The summed E-state index contributed by atoms with van der Waals surface area (Å²) >= 11 is 0. The van der Waals surface area contributed by atoms with Gasteiger partial charge in [-0.3, -0.25) is 9.08 Å². The van der Waals surface area contributed by atoms with Gasteiger partial charge < -0.3 is 29.2 Å². The van der Waals surface area contributed by atoms with E-state index in [1.807, 2.05) is 13.8 Å². The van der Waals surface area contributed by atoms with E-state index in [2.05, 4.69) is 83.8 Å². The monoisotopic (exact) mass is 1230 g/mol. The molecule has 0 aliphatic heterocycles. The van der Waals surface area contributed by atoms with Crippen molar-refractivity contribution in [3.8, 4) is 0 Å². The summed E-state index contributed by atoms with van der Waals surface area (Å²) in [6.45, 7) is 31.2. The number of aliphatic hydroxyl groups is 2. The molecule has 2 N–H and O–H groups in total. The average molecular weight is 1230 g/mol. The van der Waals surface area contributed by atoms with Gasteiger partial charge in [0, 0.05) is 60.3 Å². The van der Waals surface area contributed by atoms with Crippen LogP contribution in [0.1, 0.15) is 229 Å². The van der Waals surface area contributed by atoms with Crippen LogP contribution < -0.4 is 0 Å². The lowest BCUT2D eigenvalue weighted by Gasteiger charge is -2.62. The van der Waals surface area contributed by atoms with E-state index in [4.69, 9.17) is 23.1 Å². The summed E-state index contributed by atoms with van der Waals surface area (Å²) in [5.41, 5.74) is -3.02. The maximum atomic E-state index is 11.9. The van der Waals surface area contributed by atoms with Gasteiger partial charge in [0.25, 0.3) is 10.1 Å². The number of esters is 3. The Morgan fingerprint density at radius 1 is 0.566 bits per heavy atom. The van der Waals surface area contributed by atoms with Crippen molar-refractivity contribution in [1.82, 2.24) is 4.90 Å². The first kappa shape index (κ1) is 69.7. The molecule has 0 heterocycles. The summed E-state index contributed by atoms with van der Waals surface area (Å²) < 4.78 is 71.4. The number of ether oxygens (including phenoxy) is 4. The summed E-state index contributed by atoms with van der Waals surface area (Å²) in [5.74, 6) is 3.38. The van der Waals surface area contributed by atoms with E-state index in [-0.39, 0.29) is 34.3 Å². The molecule has 83 heavy (non-hydrogen) atoms. The molecule has 15 nitrogen and oxygen atoms in total. The molecule has 14 fully saturated rings. The third-order valence-electron chi connectivity index (χ3n) is 20.5. The Morgan fingerprint density at radius 2 is 0.867 bits per heavy atom. The van der Waals surface area contributed by atoms with Gasteiger partial charge in [-0.2, -0.15) is 8.42 Å². The lowest BCUT2D eigenvalue weighted by molar-refractivity contribution is -0.266. The quantitative estimate of drug-likeness (QED) is 0.0514. The first-order chi connectivity index (χ1) is 38.3. The number of nitrogens with zero attached hydrogens (tertiary/aromatic N) is 1. The van der Waals surface area contributed by atoms with E-state index in [9.17, 15) is 41.4 Å². The van der Waals surface area contributed by atoms with Crippen LogP contribution in [-0.4, -0.2) is 126 Å². The van der Waals surface area contributed by atoms with Crippen LogP contribution >= 0.6 is 10.7 Å². The van der Waals surface area contributed by atoms with Crippen molar-refractivity contribution in [2.45, 2.75) is 286 Å². The molecule has 0 spiro atoms. The SMILES string of the molecule is C=CC(=O)OC12CC3CC(C1)CC(OC(C)(C)C1CCCC1)(C3)C2.C=CC(=O)OC12CC3CC(C1)CC(OS(C)(=O)=O)(C3)C2.C=CC(=O)OC12CC3CC(CC(O)(C3)C1)C2.CC(C)(O)C1CCCC1.CCN(C(C)C)C(C)C.CS(=O)(=O)Cl. The van der Waals surface area contributed by atoms with E-state index in [0.717, 1.165) is 109 Å². The fraction of sp³-hybridized carbons (Fsp3) is 0.862. The highest BCUT2D eigenvalue weighted by Crippen LogP contribution is 2.63. The molecule has 6 atom stereocenters. The molecule has 12 bridgehead atoms. The molecular formula is C65H108ClNO14S2. The Morgan fingerprint density at radius 3 is 1.14 bits per heavy atom. The van der Waals surface area contributed by atoms with Gasteiger partial charge in [-0.05, 0) is 231 Å². The average Bonchev–Trinajstić information content (AvgIpc) is 1.16. The molecule has 476 valence electrons. The van der Waals surface area contributed by atoms with Crippen molar-refractivity contribution in [3.05, 3.63) is 38.0 Å². The lowest BCUT2D eigenvalue weighted by Crippen LogP contribution is -2.63. The maximum Gasteiger partial charge on any atom is 0.330 e. The number of halogens is 1. The summed E-state index contributed by atoms with van der Waals surface area (Å²) in [7, 11) is -2.20. The van der Waals surface area contributed by atoms with E-state index >= 15 is 0 Å². The van der Waals surface area contributed by atoms with Crippen molar-refractivity contribution in [1.29, 1.82) is 0 Å². The second kappa shape index (κ2) is 27.2. The van der Waals surface area contributed by atoms with E-state index < -0.39 is 47.5 Å². The van der Waals surface area contributed by atoms with E-state index in [1.165, 1.54) is 82.4 Å². The van der Waals surface area contributed by atoms with Crippen molar-refractivity contribution in [3.63, 3.8) is 0 Å². The molecule has 0 aromatic rings. The molecule has 14 saturated carbocycles. The minimum absolute atomic E-state index is 0.0637. The van der Waals surface area contributed by atoms with Crippen molar-refractivity contribution in [2.75, 3.05) is 19.1 Å². The fourth-order valence-electron chi connectivity index (χ4n) is 19.2. The summed E-state index contributed by atoms with van der Waals surface area (Å²) in [6, 6.07) is 1.38. The fourth-order valence-corrected chi connectivity index (χ4v) is 20.0. The molecule has 0 aromatic heterocycles. The van der Waals surface area contributed by atoms with Gasteiger partial charge in [-0.1, -0.05) is 52.3 Å². The first-order valence-electron chi connectivity index (χ1n) is 31.6. The molecular weight excluding hydrogens is 1120 g/mol. The lowest BCUT2D eigenvalue weighted by atomic mass is 9.52. The summed E-state index contributed by atoms with van der Waals surface area (Å²) in [5, 5.41) is 20.0. The molecule has 0 aromatic carbocycles. The van der Waals surface area contributed by atoms with Crippen LogP contribution in [0, 0.1) is 47.3 Å². The van der Waals surface area contributed by atoms with E-state index in [0.29, 0.717) is 72.3 Å². The third-order valence-corrected chi connectivity index (χ3v) is 21.2. The Labute approximate surface area is 505 Å². The van der Waals surface area contributed by atoms with Crippen LogP contribution in [0.25, 0.3) is 0 Å². The van der Waals surface area contributed by atoms with Gasteiger partial charge in [0.2, 0.25) is 9.05 Å². The van der Waals surface area contributed by atoms with E-state index in [1.54, 1.807) is 0 Å². The van der Waals surface area contributed by atoms with Crippen molar-refractivity contribution in [2.24, 2.45) is 47.3 Å². The summed E-state index contributed by atoms with van der Waals surface area (Å²) in [4.78, 5) is 37.3. The second-order valence-corrected chi connectivity index (χ2v) is 34.3. The third kappa shape index (κ3) is 19.6. The van der Waals surface area contributed by atoms with Gasteiger partial charge in [-0.25, -0.2) is 22.8 Å². The highest BCUT2D eigenvalue weighted by Gasteiger charge is 2.64. The minimum Gasteiger partial charge on any atom is -0.456 e. The Bertz CT molecular complexity index is 2430. The van der Waals surface area contributed by atoms with Gasteiger partial charge >= 0.3 is 17.9 Å². The second-order valence-electron chi connectivity index (χ2n) is 29.7. The van der Waals surface area contributed by atoms with Gasteiger partial charge in [0.05, 0.1) is 40.5 Å². The van der Waals surface area contributed by atoms with Gasteiger partial charge in [0.15, 0.2) is 0 Å². The van der Waals surface area contributed by atoms with Crippen LogP contribution in [0.3, 0.4) is 0 Å². The smallest absolute Gasteiger partial charge is 0.330 e. The number of rotatable bonds is 15. The normalized spacial score (nSPS) is 36.2. The van der Waals surface area contributed by atoms with Crippen LogP contribution in [0.5, 0.6) is 0 Å². The molecule has 0 amide bonds. The zero-order chi connectivity index (χ0) is 61.8. The Hall–Kier alpha value is -2.38. The highest BCUT2D eigenvalue weighted by molar-refractivity contribution is 8.13. The van der Waals surface area contributed by atoms with Crippen LogP contribution in [0.15, 0.2) is 38.0 Å². The zero-order valence-corrected chi connectivity index (χ0v) is 55.0. The summed E-state index contributed by atoms with van der Waals surface area (Å²) in [6.07, 6.45) is 32.9. The minimum atomic E-state index is -3.51. The molecule has 18 heteroatoms. The molecule has 0 radical (unpaired) electrons. The predicted octanol–water partition coefficient (Wildman–Crippen LogP) is 12.6. The van der Waals surface area contributed by atoms with Crippen LogP contribution in [0.4, 0.5) is 0 Å². The Balaban J connectivity index is 0.000000171. The first-order valence-corrected chi connectivity index (χ1v) is 36.1. The number of hydrogen-bond acceptors (Lipinski definition) is 15. The Kier molecular flexibility index (Phi) is 22.8.